The predicted molar refractivity (Wildman–Crippen MR) is 98.6 cm³/mol. The highest BCUT2D eigenvalue weighted by atomic mass is 15.3. The first-order chi connectivity index (χ1) is 12.9. The highest BCUT2D eigenvalue weighted by Gasteiger charge is 2.34. The van der Waals surface area contributed by atoms with Crippen molar-refractivity contribution in [3.05, 3.63) is 29.9 Å². The summed E-state index contributed by atoms with van der Waals surface area (Å²) in [7, 11) is 0. The zero-order valence-corrected chi connectivity index (χ0v) is 15.5. The molecule has 2 aromatic heterocycles. The second-order valence-electron chi connectivity index (χ2n) is 8.19. The Hall–Kier alpha value is -1.73. The third kappa shape index (κ3) is 3.42. The van der Waals surface area contributed by atoms with Gasteiger partial charge < -0.3 is 9.55 Å². The predicted octanol–water partition coefficient (Wildman–Crippen LogP) is 2.31. The molecule has 2 aliphatic heterocycles. The van der Waals surface area contributed by atoms with E-state index in [1.165, 1.54) is 69.0 Å². The molecule has 0 amide bonds. The molecule has 3 aliphatic rings. The number of imidazole rings is 1. The van der Waals surface area contributed by atoms with E-state index in [2.05, 4.69) is 29.4 Å². The van der Waals surface area contributed by atoms with Crippen molar-refractivity contribution in [2.75, 3.05) is 26.2 Å². The Morgan fingerprint density at radius 2 is 1.69 bits per heavy atom. The molecule has 0 unspecified atom stereocenters. The zero-order valence-electron chi connectivity index (χ0n) is 15.5. The number of H-pyrrole nitrogens is 1. The Bertz CT molecular complexity index is 704. The summed E-state index contributed by atoms with van der Waals surface area (Å²) in [6, 6.07) is 0.667. The summed E-state index contributed by atoms with van der Waals surface area (Å²) in [4.78, 5) is 12.4. The first-order valence-corrected chi connectivity index (χ1v) is 10.2. The largest absolute Gasteiger partial charge is 0.347 e. The number of aromatic nitrogens is 5. The maximum atomic E-state index is 4.70. The number of nitrogens with one attached hydrogen (secondary N) is 1. The van der Waals surface area contributed by atoms with E-state index in [1.807, 2.05) is 6.20 Å². The summed E-state index contributed by atoms with van der Waals surface area (Å²) in [5.41, 5.74) is 1.21. The first-order valence-electron chi connectivity index (χ1n) is 10.2. The lowest BCUT2D eigenvalue weighted by Crippen LogP contribution is -2.33. The summed E-state index contributed by atoms with van der Waals surface area (Å²) in [6.45, 7) is 6.66. The lowest BCUT2D eigenvalue weighted by atomic mass is 9.95. The van der Waals surface area contributed by atoms with E-state index in [1.54, 1.807) is 6.33 Å². The van der Waals surface area contributed by atoms with Crippen LogP contribution in [0.15, 0.2) is 12.5 Å². The van der Waals surface area contributed by atoms with Crippen molar-refractivity contribution in [3.8, 4) is 0 Å². The van der Waals surface area contributed by atoms with Crippen LogP contribution in [0.2, 0.25) is 0 Å². The van der Waals surface area contributed by atoms with Crippen LogP contribution in [0.3, 0.4) is 0 Å². The summed E-state index contributed by atoms with van der Waals surface area (Å²) in [5, 5.41) is 9.34. The number of aromatic amines is 1. The zero-order chi connectivity index (χ0) is 17.3. The molecule has 3 fully saturated rings. The lowest BCUT2D eigenvalue weighted by molar-refractivity contribution is 0.198. The van der Waals surface area contributed by atoms with Gasteiger partial charge in [0.2, 0.25) is 0 Å². The van der Waals surface area contributed by atoms with Gasteiger partial charge in [-0.1, -0.05) is 0 Å². The number of piperidine rings is 1. The minimum atomic E-state index is 0.563. The third-order valence-electron chi connectivity index (χ3n) is 6.17. The monoisotopic (exact) mass is 355 g/mol. The van der Waals surface area contributed by atoms with Crippen LogP contribution < -0.4 is 0 Å². The van der Waals surface area contributed by atoms with Crippen molar-refractivity contribution in [1.29, 1.82) is 0 Å². The van der Waals surface area contributed by atoms with E-state index < -0.39 is 0 Å². The fourth-order valence-corrected chi connectivity index (χ4v) is 4.56. The van der Waals surface area contributed by atoms with E-state index in [-0.39, 0.29) is 0 Å². The van der Waals surface area contributed by atoms with Crippen LogP contribution in [0.1, 0.15) is 67.8 Å². The van der Waals surface area contributed by atoms with Crippen LogP contribution in [0, 0.1) is 0 Å². The third-order valence-corrected chi connectivity index (χ3v) is 6.17. The molecule has 7 heteroatoms. The van der Waals surface area contributed by atoms with Gasteiger partial charge in [0.1, 0.15) is 11.6 Å². The Kier molecular flexibility index (Phi) is 4.50. The van der Waals surface area contributed by atoms with Crippen molar-refractivity contribution in [1.82, 2.24) is 34.5 Å². The molecule has 2 saturated heterocycles. The quantitative estimate of drug-likeness (QED) is 0.861. The molecule has 1 N–H and O–H groups in total. The van der Waals surface area contributed by atoms with Crippen LogP contribution in [0.4, 0.5) is 0 Å². The van der Waals surface area contributed by atoms with Gasteiger partial charge in [-0.3, -0.25) is 9.80 Å². The standard InChI is InChI=1S/C19H29N7/c1-2-8-24(7-1)13-18-22-23-19(26(18)17-3-4-17)15-5-9-25(10-6-15)12-16-11-20-14-21-16/h11,14-15,17H,1-10,12-13H2,(H,20,21). The van der Waals surface area contributed by atoms with Crippen molar-refractivity contribution in [2.24, 2.45) is 0 Å². The maximum absolute atomic E-state index is 4.70. The molecule has 1 saturated carbocycles. The van der Waals surface area contributed by atoms with Crippen molar-refractivity contribution >= 4 is 0 Å². The van der Waals surface area contributed by atoms with Crippen LogP contribution in [0.5, 0.6) is 0 Å². The topological polar surface area (TPSA) is 65.9 Å². The Morgan fingerprint density at radius 1 is 0.923 bits per heavy atom. The van der Waals surface area contributed by atoms with Crippen molar-refractivity contribution < 1.29 is 0 Å². The van der Waals surface area contributed by atoms with Crippen LogP contribution in [-0.2, 0) is 13.1 Å². The fourth-order valence-electron chi connectivity index (χ4n) is 4.56. The van der Waals surface area contributed by atoms with Gasteiger partial charge in [-0.05, 0) is 64.7 Å². The minimum Gasteiger partial charge on any atom is -0.347 e. The average molecular weight is 355 g/mol. The number of hydrogen-bond acceptors (Lipinski definition) is 5. The maximum Gasteiger partial charge on any atom is 0.147 e. The Balaban J connectivity index is 1.26. The number of nitrogens with zero attached hydrogens (tertiary/aromatic N) is 6. The van der Waals surface area contributed by atoms with Gasteiger partial charge in [-0.15, -0.1) is 10.2 Å². The summed E-state index contributed by atoms with van der Waals surface area (Å²) in [5.74, 6) is 3.04. The molecular weight excluding hydrogens is 326 g/mol. The molecule has 140 valence electrons. The molecule has 1 aliphatic carbocycles. The number of rotatable bonds is 6. The Morgan fingerprint density at radius 3 is 2.38 bits per heavy atom. The SMILES string of the molecule is c1ncc(CN2CCC(c3nnc(CN4CCCC4)n3C3CC3)CC2)[nH]1. The average Bonchev–Trinajstić information content (AvgIpc) is 3.07. The first kappa shape index (κ1) is 16.4. The van der Waals surface area contributed by atoms with Crippen LogP contribution in [-0.4, -0.2) is 60.7 Å². The second-order valence-corrected chi connectivity index (χ2v) is 8.19. The summed E-state index contributed by atoms with van der Waals surface area (Å²) >= 11 is 0. The lowest BCUT2D eigenvalue weighted by Gasteiger charge is -2.31. The number of hydrogen-bond donors (Lipinski definition) is 1. The van der Waals surface area contributed by atoms with E-state index in [0.717, 1.165) is 26.2 Å². The smallest absolute Gasteiger partial charge is 0.147 e. The number of likely N-dealkylation sites (tertiary alicyclic amines) is 2. The molecule has 5 rings (SSSR count). The molecule has 26 heavy (non-hydrogen) atoms. The van der Waals surface area contributed by atoms with Gasteiger partial charge in [-0.25, -0.2) is 4.98 Å². The highest BCUT2D eigenvalue weighted by molar-refractivity contribution is 5.09. The van der Waals surface area contributed by atoms with Gasteiger partial charge in [0.15, 0.2) is 0 Å². The van der Waals surface area contributed by atoms with Crippen LogP contribution >= 0.6 is 0 Å². The van der Waals surface area contributed by atoms with Crippen molar-refractivity contribution in [2.45, 2.75) is 63.6 Å². The summed E-state index contributed by atoms with van der Waals surface area (Å²) < 4.78 is 2.52. The molecule has 2 aromatic rings. The van der Waals surface area contributed by atoms with Crippen LogP contribution in [0.25, 0.3) is 0 Å². The molecule has 0 aromatic carbocycles. The summed E-state index contributed by atoms with van der Waals surface area (Å²) in [6.07, 6.45) is 11.3. The molecule has 0 spiro atoms. The molecule has 0 bridgehead atoms. The van der Waals surface area contributed by atoms with Gasteiger partial charge in [0.05, 0.1) is 12.9 Å². The van der Waals surface area contributed by atoms with E-state index >= 15 is 0 Å². The fraction of sp³-hybridized carbons (Fsp3) is 0.737. The minimum absolute atomic E-state index is 0.563. The van der Waals surface area contributed by atoms with E-state index in [9.17, 15) is 0 Å². The van der Waals surface area contributed by atoms with E-state index in [4.69, 9.17) is 5.10 Å². The van der Waals surface area contributed by atoms with Gasteiger partial charge in [0, 0.05) is 30.4 Å². The Labute approximate surface area is 154 Å². The molecular formula is C19H29N7. The molecule has 0 atom stereocenters. The van der Waals surface area contributed by atoms with Gasteiger partial charge in [0.25, 0.3) is 0 Å². The molecule has 7 nitrogen and oxygen atoms in total. The van der Waals surface area contributed by atoms with Crippen molar-refractivity contribution in [3.63, 3.8) is 0 Å². The van der Waals surface area contributed by atoms with E-state index in [0.29, 0.717) is 12.0 Å². The highest BCUT2D eigenvalue weighted by Crippen LogP contribution is 2.40. The van der Waals surface area contributed by atoms with Gasteiger partial charge >= 0.3 is 0 Å². The van der Waals surface area contributed by atoms with Gasteiger partial charge in [-0.2, -0.15) is 0 Å². The normalized spacial score (nSPS) is 23.1. The second kappa shape index (κ2) is 7.12. The molecule has 4 heterocycles. The molecule has 0 radical (unpaired) electrons.